The molecule has 0 aromatic carbocycles. The van der Waals surface area contributed by atoms with Crippen LogP contribution in [-0.4, -0.2) is 16.5 Å². The first-order valence-corrected chi connectivity index (χ1v) is 3.15. The van der Waals surface area contributed by atoms with Gasteiger partial charge in [-0.25, -0.2) is 9.89 Å². The highest BCUT2D eigenvalue weighted by atomic mass is 32.2. The van der Waals surface area contributed by atoms with Crippen LogP contribution in [0.2, 0.25) is 0 Å². The topological polar surface area (TPSA) is 58.9 Å². The standard InChI is InChI=1S/C3H4N2O2S/c1-8-3-5-4-2(6)7-3/h1H3,(H,4,6). The van der Waals surface area contributed by atoms with Crippen molar-refractivity contribution in [2.24, 2.45) is 0 Å². The van der Waals surface area contributed by atoms with Gasteiger partial charge < -0.3 is 4.42 Å². The lowest BCUT2D eigenvalue weighted by molar-refractivity contribution is 0.424. The zero-order valence-corrected chi connectivity index (χ0v) is 4.99. The van der Waals surface area contributed by atoms with Crippen molar-refractivity contribution in [2.75, 3.05) is 6.26 Å². The molecule has 0 aliphatic rings. The minimum Gasteiger partial charge on any atom is -0.382 e. The van der Waals surface area contributed by atoms with Gasteiger partial charge in [-0.15, -0.1) is 5.10 Å². The van der Waals surface area contributed by atoms with Gasteiger partial charge in [-0.05, 0) is 6.26 Å². The van der Waals surface area contributed by atoms with Gasteiger partial charge in [-0.3, -0.25) is 0 Å². The minimum absolute atomic E-state index is 0.370. The van der Waals surface area contributed by atoms with Crippen molar-refractivity contribution in [2.45, 2.75) is 5.22 Å². The SMILES string of the molecule is CSc1n[nH]c(=O)o1. The summed E-state index contributed by atoms with van der Waals surface area (Å²) >= 11 is 1.28. The van der Waals surface area contributed by atoms with Gasteiger partial charge in [0.2, 0.25) is 0 Å². The summed E-state index contributed by atoms with van der Waals surface area (Å²) in [6.07, 6.45) is 1.78. The molecule has 0 amide bonds. The van der Waals surface area contributed by atoms with Crippen molar-refractivity contribution >= 4 is 11.8 Å². The van der Waals surface area contributed by atoms with Crippen LogP contribution in [0.5, 0.6) is 0 Å². The monoisotopic (exact) mass is 132 g/mol. The molecule has 0 radical (unpaired) electrons. The summed E-state index contributed by atoms with van der Waals surface area (Å²) in [5, 5.41) is 5.99. The van der Waals surface area contributed by atoms with E-state index in [1.54, 1.807) is 6.26 Å². The lowest BCUT2D eigenvalue weighted by Crippen LogP contribution is -1.93. The van der Waals surface area contributed by atoms with Gasteiger partial charge in [0.25, 0.3) is 5.22 Å². The molecule has 1 rings (SSSR count). The normalized spacial score (nSPS) is 9.62. The third kappa shape index (κ3) is 0.919. The quantitative estimate of drug-likeness (QED) is 0.550. The number of aromatic nitrogens is 2. The fourth-order valence-electron chi connectivity index (χ4n) is 0.304. The number of H-pyrrole nitrogens is 1. The Morgan fingerprint density at radius 2 is 2.62 bits per heavy atom. The van der Waals surface area contributed by atoms with Gasteiger partial charge in [0.05, 0.1) is 0 Å². The van der Waals surface area contributed by atoms with E-state index in [0.29, 0.717) is 5.22 Å². The molecule has 0 saturated heterocycles. The number of thioether (sulfide) groups is 1. The van der Waals surface area contributed by atoms with Crippen LogP contribution < -0.4 is 5.76 Å². The van der Waals surface area contributed by atoms with Crippen LogP contribution in [0.15, 0.2) is 14.4 Å². The Bertz CT molecular complexity index is 215. The van der Waals surface area contributed by atoms with E-state index < -0.39 is 5.76 Å². The average molecular weight is 132 g/mol. The maximum Gasteiger partial charge on any atom is 0.435 e. The molecular weight excluding hydrogens is 128 g/mol. The fourth-order valence-corrected chi connectivity index (χ4v) is 0.599. The Labute approximate surface area is 49.3 Å². The molecule has 44 valence electrons. The van der Waals surface area contributed by atoms with Crippen LogP contribution in [0.1, 0.15) is 0 Å². The highest BCUT2D eigenvalue weighted by molar-refractivity contribution is 7.98. The zero-order chi connectivity index (χ0) is 5.98. The van der Waals surface area contributed by atoms with Gasteiger partial charge in [0.1, 0.15) is 0 Å². The molecule has 5 heteroatoms. The van der Waals surface area contributed by atoms with Crippen LogP contribution in [0.4, 0.5) is 0 Å². The second-order valence-corrected chi connectivity index (χ2v) is 1.84. The smallest absolute Gasteiger partial charge is 0.382 e. The number of rotatable bonds is 1. The second kappa shape index (κ2) is 2.04. The summed E-state index contributed by atoms with van der Waals surface area (Å²) in [6.45, 7) is 0. The lowest BCUT2D eigenvalue weighted by Gasteiger charge is -1.74. The highest BCUT2D eigenvalue weighted by Crippen LogP contribution is 2.04. The third-order valence-corrected chi connectivity index (χ3v) is 1.12. The number of hydrogen-bond acceptors (Lipinski definition) is 4. The van der Waals surface area contributed by atoms with E-state index in [1.165, 1.54) is 11.8 Å². The summed E-state index contributed by atoms with van der Waals surface area (Å²) in [5.41, 5.74) is 0. The van der Waals surface area contributed by atoms with Crippen LogP contribution in [0.25, 0.3) is 0 Å². The van der Waals surface area contributed by atoms with Gasteiger partial charge in [-0.2, -0.15) is 0 Å². The van der Waals surface area contributed by atoms with Crippen LogP contribution in [-0.2, 0) is 0 Å². The molecule has 0 aliphatic heterocycles. The van der Waals surface area contributed by atoms with Crippen molar-refractivity contribution in [1.29, 1.82) is 0 Å². The maximum atomic E-state index is 10.2. The molecule has 8 heavy (non-hydrogen) atoms. The highest BCUT2D eigenvalue weighted by Gasteiger charge is 1.93. The van der Waals surface area contributed by atoms with Crippen molar-refractivity contribution in [3.05, 3.63) is 10.6 Å². The number of nitrogens with zero attached hydrogens (tertiary/aromatic N) is 1. The lowest BCUT2D eigenvalue weighted by atomic mass is 11.4. The van der Waals surface area contributed by atoms with Crippen molar-refractivity contribution < 1.29 is 4.42 Å². The summed E-state index contributed by atoms with van der Waals surface area (Å²) in [6, 6.07) is 0. The zero-order valence-electron chi connectivity index (χ0n) is 4.17. The van der Waals surface area contributed by atoms with E-state index in [0.717, 1.165) is 0 Å². The van der Waals surface area contributed by atoms with E-state index in [-0.39, 0.29) is 0 Å². The summed E-state index contributed by atoms with van der Waals surface area (Å²) < 4.78 is 4.47. The minimum atomic E-state index is -0.505. The molecule has 0 bridgehead atoms. The molecule has 0 atom stereocenters. The van der Waals surface area contributed by atoms with Crippen LogP contribution in [0, 0.1) is 0 Å². The molecular formula is C3H4N2O2S. The Hall–Kier alpha value is -0.710. The van der Waals surface area contributed by atoms with E-state index in [4.69, 9.17) is 0 Å². The summed E-state index contributed by atoms with van der Waals surface area (Å²) in [7, 11) is 0. The van der Waals surface area contributed by atoms with Gasteiger partial charge in [0.15, 0.2) is 0 Å². The third-order valence-electron chi connectivity index (χ3n) is 0.593. The first-order valence-electron chi connectivity index (χ1n) is 1.92. The van der Waals surface area contributed by atoms with Gasteiger partial charge in [0, 0.05) is 0 Å². The molecule has 0 unspecified atom stereocenters. The molecule has 0 aliphatic carbocycles. The molecule has 0 saturated carbocycles. The molecule has 0 fully saturated rings. The predicted molar refractivity (Wildman–Crippen MR) is 28.9 cm³/mol. The van der Waals surface area contributed by atoms with Gasteiger partial charge >= 0.3 is 5.76 Å². The van der Waals surface area contributed by atoms with Crippen LogP contribution >= 0.6 is 11.8 Å². The summed E-state index contributed by atoms with van der Waals surface area (Å²) in [5.74, 6) is -0.505. The van der Waals surface area contributed by atoms with Gasteiger partial charge in [-0.1, -0.05) is 11.8 Å². The average Bonchev–Trinajstić information content (AvgIpc) is 2.14. The molecule has 4 nitrogen and oxygen atoms in total. The predicted octanol–water partition coefficient (Wildman–Crippen LogP) is 0.0848. The number of nitrogens with one attached hydrogen (secondary N) is 1. The fraction of sp³-hybridized carbons (Fsp3) is 0.333. The van der Waals surface area contributed by atoms with Crippen molar-refractivity contribution in [3.63, 3.8) is 0 Å². The Kier molecular flexibility index (Phi) is 1.38. The Balaban J connectivity index is 3.01. The first kappa shape index (κ1) is 5.43. The van der Waals surface area contributed by atoms with Crippen molar-refractivity contribution in [1.82, 2.24) is 10.2 Å². The molecule has 0 spiro atoms. The molecule has 1 aromatic rings. The van der Waals surface area contributed by atoms with E-state index in [9.17, 15) is 4.79 Å². The molecule has 1 aromatic heterocycles. The molecule has 1 heterocycles. The van der Waals surface area contributed by atoms with Crippen molar-refractivity contribution in [3.8, 4) is 0 Å². The Morgan fingerprint density at radius 1 is 1.88 bits per heavy atom. The largest absolute Gasteiger partial charge is 0.435 e. The summed E-state index contributed by atoms with van der Waals surface area (Å²) in [4.78, 5) is 10.2. The van der Waals surface area contributed by atoms with E-state index in [2.05, 4.69) is 14.6 Å². The first-order chi connectivity index (χ1) is 3.83. The maximum absolute atomic E-state index is 10.2. The number of aromatic amines is 1. The Morgan fingerprint density at radius 3 is 2.88 bits per heavy atom. The van der Waals surface area contributed by atoms with Crippen LogP contribution in [0.3, 0.4) is 0 Å². The second-order valence-electron chi connectivity index (χ2n) is 1.08. The molecule has 1 N–H and O–H groups in total. The van der Waals surface area contributed by atoms with E-state index >= 15 is 0 Å². The number of hydrogen-bond donors (Lipinski definition) is 1. The van der Waals surface area contributed by atoms with E-state index in [1.807, 2.05) is 0 Å².